The van der Waals surface area contributed by atoms with Crippen molar-refractivity contribution in [3.05, 3.63) is 29.3 Å². The van der Waals surface area contributed by atoms with Gasteiger partial charge in [0.2, 0.25) is 5.91 Å². The maximum Gasteiger partial charge on any atom is 0.230 e. The molecule has 1 unspecified atom stereocenters. The number of nitrogens with zero attached hydrogens (tertiary/aromatic N) is 1. The molecule has 1 aromatic rings. The monoisotopic (exact) mass is 262 g/mol. The molecule has 104 valence electrons. The van der Waals surface area contributed by atoms with Crippen LogP contribution in [0.5, 0.6) is 5.75 Å². The molecule has 0 aliphatic carbocycles. The van der Waals surface area contributed by atoms with Gasteiger partial charge in [-0.15, -0.1) is 0 Å². The second-order valence-electron chi connectivity index (χ2n) is 5.04. The Morgan fingerprint density at radius 2 is 2.05 bits per heavy atom. The van der Waals surface area contributed by atoms with E-state index in [4.69, 9.17) is 4.74 Å². The van der Waals surface area contributed by atoms with Crippen LogP contribution in [-0.4, -0.2) is 44.1 Å². The lowest BCUT2D eigenvalue weighted by Gasteiger charge is -2.30. The first-order valence-corrected chi connectivity index (χ1v) is 6.77. The smallest absolute Gasteiger partial charge is 0.230 e. The largest absolute Gasteiger partial charge is 0.496 e. The summed E-state index contributed by atoms with van der Waals surface area (Å²) in [6.07, 6.45) is 0. The fourth-order valence-corrected chi connectivity index (χ4v) is 2.48. The van der Waals surface area contributed by atoms with E-state index in [1.165, 1.54) is 0 Å². The van der Waals surface area contributed by atoms with Gasteiger partial charge in [0.15, 0.2) is 0 Å². The normalized spacial score (nSPS) is 17.1. The van der Waals surface area contributed by atoms with Crippen LogP contribution in [-0.2, 0) is 4.79 Å². The van der Waals surface area contributed by atoms with Crippen molar-refractivity contribution in [1.29, 1.82) is 0 Å². The highest BCUT2D eigenvalue weighted by molar-refractivity contribution is 5.84. The quantitative estimate of drug-likeness (QED) is 0.898. The number of methoxy groups -OCH3 is 1. The summed E-state index contributed by atoms with van der Waals surface area (Å²) in [6.45, 7) is 7.33. The van der Waals surface area contributed by atoms with E-state index in [2.05, 4.69) is 5.32 Å². The molecular formula is C15H22N2O2. The Morgan fingerprint density at radius 1 is 1.37 bits per heavy atom. The molecule has 19 heavy (non-hydrogen) atoms. The highest BCUT2D eigenvalue weighted by Crippen LogP contribution is 2.29. The molecule has 0 aromatic heterocycles. The third-order valence-electron chi connectivity index (χ3n) is 3.65. The number of piperazine rings is 1. The van der Waals surface area contributed by atoms with E-state index >= 15 is 0 Å². The van der Waals surface area contributed by atoms with Crippen molar-refractivity contribution in [2.24, 2.45) is 0 Å². The number of amides is 1. The van der Waals surface area contributed by atoms with Crippen LogP contribution >= 0.6 is 0 Å². The lowest BCUT2D eigenvalue weighted by Crippen LogP contribution is -2.47. The van der Waals surface area contributed by atoms with Crippen molar-refractivity contribution in [3.63, 3.8) is 0 Å². The van der Waals surface area contributed by atoms with E-state index in [1.54, 1.807) is 7.11 Å². The Hall–Kier alpha value is -1.55. The van der Waals surface area contributed by atoms with E-state index in [9.17, 15) is 4.79 Å². The maximum atomic E-state index is 12.5. The number of carbonyl (C=O) groups is 1. The number of ether oxygens (including phenoxy) is 1. The molecule has 1 aromatic carbocycles. The number of benzene rings is 1. The third kappa shape index (κ3) is 3.07. The summed E-state index contributed by atoms with van der Waals surface area (Å²) in [5, 5.41) is 3.26. The van der Waals surface area contributed by atoms with Crippen molar-refractivity contribution >= 4 is 5.91 Å². The molecule has 1 amide bonds. The van der Waals surface area contributed by atoms with E-state index < -0.39 is 0 Å². The second-order valence-corrected chi connectivity index (χ2v) is 5.04. The van der Waals surface area contributed by atoms with E-state index in [1.807, 2.05) is 36.9 Å². The van der Waals surface area contributed by atoms with Gasteiger partial charge in [0.05, 0.1) is 13.0 Å². The molecule has 0 radical (unpaired) electrons. The Morgan fingerprint density at radius 3 is 2.68 bits per heavy atom. The molecule has 4 heteroatoms. The number of aryl methyl sites for hydroxylation is 1. The first-order chi connectivity index (χ1) is 9.13. The van der Waals surface area contributed by atoms with Gasteiger partial charge in [0.25, 0.3) is 0 Å². The van der Waals surface area contributed by atoms with Gasteiger partial charge >= 0.3 is 0 Å². The van der Waals surface area contributed by atoms with Crippen molar-refractivity contribution in [1.82, 2.24) is 10.2 Å². The van der Waals surface area contributed by atoms with Crippen molar-refractivity contribution in [3.8, 4) is 5.75 Å². The minimum atomic E-state index is -0.159. The number of hydrogen-bond acceptors (Lipinski definition) is 3. The standard InChI is InChI=1S/C15H22N2O2/c1-11-4-5-14(19-3)13(10-11)12(2)15(18)17-8-6-16-7-9-17/h4-5,10,12,16H,6-9H2,1-3H3. The van der Waals surface area contributed by atoms with Gasteiger partial charge in [0, 0.05) is 31.7 Å². The van der Waals surface area contributed by atoms with Crippen LogP contribution in [0.3, 0.4) is 0 Å². The highest BCUT2D eigenvalue weighted by atomic mass is 16.5. The first kappa shape index (κ1) is 13.9. The number of nitrogens with one attached hydrogen (secondary N) is 1. The average Bonchev–Trinajstić information content (AvgIpc) is 2.46. The molecule has 0 spiro atoms. The molecule has 0 saturated carbocycles. The minimum Gasteiger partial charge on any atom is -0.496 e. The zero-order valence-electron chi connectivity index (χ0n) is 11.9. The summed E-state index contributed by atoms with van der Waals surface area (Å²) >= 11 is 0. The number of hydrogen-bond donors (Lipinski definition) is 1. The van der Waals surface area contributed by atoms with E-state index in [0.29, 0.717) is 0 Å². The van der Waals surface area contributed by atoms with Gasteiger partial charge in [0.1, 0.15) is 5.75 Å². The summed E-state index contributed by atoms with van der Waals surface area (Å²) in [5.74, 6) is 0.819. The fraction of sp³-hybridized carbons (Fsp3) is 0.533. The van der Waals surface area contributed by atoms with Crippen molar-refractivity contribution in [2.75, 3.05) is 33.3 Å². The molecule has 1 aliphatic heterocycles. The van der Waals surface area contributed by atoms with Crippen LogP contribution in [0.25, 0.3) is 0 Å². The van der Waals surface area contributed by atoms with Crippen LogP contribution < -0.4 is 10.1 Å². The molecule has 1 saturated heterocycles. The molecule has 1 N–H and O–H groups in total. The molecule has 1 heterocycles. The molecular weight excluding hydrogens is 240 g/mol. The van der Waals surface area contributed by atoms with E-state index in [0.717, 1.165) is 43.1 Å². The molecule has 1 atom stereocenters. The molecule has 1 aliphatic rings. The maximum absolute atomic E-state index is 12.5. The average molecular weight is 262 g/mol. The van der Waals surface area contributed by atoms with Gasteiger partial charge in [-0.2, -0.15) is 0 Å². The number of rotatable bonds is 3. The topological polar surface area (TPSA) is 41.6 Å². The molecule has 2 rings (SSSR count). The zero-order valence-corrected chi connectivity index (χ0v) is 11.9. The zero-order chi connectivity index (χ0) is 13.8. The summed E-state index contributed by atoms with van der Waals surface area (Å²) in [5.41, 5.74) is 2.13. The SMILES string of the molecule is COc1ccc(C)cc1C(C)C(=O)N1CCNCC1. The van der Waals surface area contributed by atoms with Gasteiger partial charge in [-0.25, -0.2) is 0 Å². The lowest BCUT2D eigenvalue weighted by atomic mass is 9.96. The van der Waals surface area contributed by atoms with Crippen LogP contribution in [0.4, 0.5) is 0 Å². The summed E-state index contributed by atoms with van der Waals surface area (Å²) < 4.78 is 5.38. The summed E-state index contributed by atoms with van der Waals surface area (Å²) in [7, 11) is 1.65. The summed E-state index contributed by atoms with van der Waals surface area (Å²) in [4.78, 5) is 14.5. The van der Waals surface area contributed by atoms with Crippen LogP contribution in [0, 0.1) is 6.92 Å². The molecule has 1 fully saturated rings. The fourth-order valence-electron chi connectivity index (χ4n) is 2.48. The van der Waals surface area contributed by atoms with Crippen molar-refractivity contribution < 1.29 is 9.53 Å². The van der Waals surface area contributed by atoms with Crippen molar-refractivity contribution in [2.45, 2.75) is 19.8 Å². The highest BCUT2D eigenvalue weighted by Gasteiger charge is 2.25. The molecule has 0 bridgehead atoms. The van der Waals surface area contributed by atoms with Crippen LogP contribution in [0.1, 0.15) is 24.0 Å². The predicted octanol–water partition coefficient (Wildman–Crippen LogP) is 1.54. The van der Waals surface area contributed by atoms with Gasteiger partial charge in [-0.3, -0.25) is 4.79 Å². The Labute approximate surface area is 114 Å². The van der Waals surface area contributed by atoms with Gasteiger partial charge < -0.3 is 15.0 Å². The van der Waals surface area contributed by atoms with Crippen LogP contribution in [0.15, 0.2) is 18.2 Å². The Balaban J connectivity index is 2.20. The lowest BCUT2D eigenvalue weighted by molar-refractivity contribution is -0.133. The second kappa shape index (κ2) is 6.06. The summed E-state index contributed by atoms with van der Waals surface area (Å²) in [6, 6.07) is 5.99. The van der Waals surface area contributed by atoms with Crippen LogP contribution in [0.2, 0.25) is 0 Å². The minimum absolute atomic E-state index is 0.159. The Kier molecular flexibility index (Phi) is 4.43. The molecule has 4 nitrogen and oxygen atoms in total. The number of carbonyl (C=O) groups excluding carboxylic acids is 1. The Bertz CT molecular complexity index is 453. The first-order valence-electron chi connectivity index (χ1n) is 6.77. The van der Waals surface area contributed by atoms with E-state index in [-0.39, 0.29) is 11.8 Å². The predicted molar refractivity (Wildman–Crippen MR) is 75.6 cm³/mol. The van der Waals surface area contributed by atoms with Gasteiger partial charge in [-0.05, 0) is 19.9 Å². The van der Waals surface area contributed by atoms with Gasteiger partial charge in [-0.1, -0.05) is 17.7 Å². The third-order valence-corrected chi connectivity index (χ3v) is 3.65.